The van der Waals surface area contributed by atoms with E-state index in [1.807, 2.05) is 0 Å². The van der Waals surface area contributed by atoms with Crippen LogP contribution in [-0.4, -0.2) is 69.8 Å². The summed E-state index contributed by atoms with van der Waals surface area (Å²) in [4.78, 5) is 17.0. The van der Waals surface area contributed by atoms with E-state index in [2.05, 4.69) is 30.1 Å². The monoisotopic (exact) mass is 473 g/mol. The van der Waals surface area contributed by atoms with Gasteiger partial charge in [0.1, 0.15) is 5.75 Å². The third-order valence-corrected chi connectivity index (χ3v) is 8.46. The molecule has 8 heteroatoms. The highest BCUT2D eigenvalue weighted by Gasteiger charge is 2.26. The number of carbonyl (C=O) groups excluding carboxylic acids is 1. The van der Waals surface area contributed by atoms with E-state index in [9.17, 15) is 13.2 Å². The largest absolute Gasteiger partial charge is 0.497 e. The van der Waals surface area contributed by atoms with Crippen molar-refractivity contribution in [1.82, 2.24) is 14.1 Å². The number of methoxy groups -OCH3 is 1. The van der Waals surface area contributed by atoms with E-state index >= 15 is 0 Å². The van der Waals surface area contributed by atoms with Crippen LogP contribution in [-0.2, 0) is 34.3 Å². The fourth-order valence-electron chi connectivity index (χ4n) is 4.37. The standard InChI is InChI=1S/C25H35N3O4S/c1-18-13-23(32-6)14-19(2)25(18)33(30,31)28(5)12-10-24(29)27(4)16-20-7-8-21-9-11-26(3)17-22(21)15-20/h7-8,13-15H,9-12,16-17H2,1-6H3. The van der Waals surface area contributed by atoms with Crippen molar-refractivity contribution in [2.45, 2.75) is 44.7 Å². The first kappa shape index (κ1) is 25.2. The topological polar surface area (TPSA) is 70.2 Å². The molecule has 0 aromatic heterocycles. The van der Waals surface area contributed by atoms with Gasteiger partial charge in [0.15, 0.2) is 0 Å². The number of hydrogen-bond donors (Lipinski definition) is 0. The van der Waals surface area contributed by atoms with Gasteiger partial charge >= 0.3 is 0 Å². The smallest absolute Gasteiger partial charge is 0.243 e. The fraction of sp³-hybridized carbons (Fsp3) is 0.480. The van der Waals surface area contributed by atoms with Crippen LogP contribution in [0.3, 0.4) is 0 Å². The summed E-state index contributed by atoms with van der Waals surface area (Å²) in [6.07, 6.45) is 1.17. The average Bonchev–Trinajstić information content (AvgIpc) is 2.75. The van der Waals surface area contributed by atoms with Gasteiger partial charge in [-0.1, -0.05) is 18.2 Å². The lowest BCUT2D eigenvalue weighted by atomic mass is 9.97. The van der Waals surface area contributed by atoms with Crippen LogP contribution in [0.2, 0.25) is 0 Å². The summed E-state index contributed by atoms with van der Waals surface area (Å²) >= 11 is 0. The van der Waals surface area contributed by atoms with Gasteiger partial charge in [-0.2, -0.15) is 0 Å². The minimum Gasteiger partial charge on any atom is -0.497 e. The lowest BCUT2D eigenvalue weighted by Gasteiger charge is -2.26. The first-order valence-corrected chi connectivity index (χ1v) is 12.6. The van der Waals surface area contributed by atoms with Crippen LogP contribution in [0, 0.1) is 13.8 Å². The van der Waals surface area contributed by atoms with Gasteiger partial charge in [-0.15, -0.1) is 0 Å². The zero-order valence-electron chi connectivity index (χ0n) is 20.5. The maximum absolute atomic E-state index is 13.2. The van der Waals surface area contributed by atoms with Crippen LogP contribution in [0.5, 0.6) is 5.75 Å². The molecule has 33 heavy (non-hydrogen) atoms. The molecule has 1 aliphatic heterocycles. The average molecular weight is 474 g/mol. The molecule has 0 fully saturated rings. The SMILES string of the molecule is COc1cc(C)c(S(=O)(=O)N(C)CCC(=O)N(C)Cc2ccc3c(c2)CN(C)CC3)c(C)c1. The van der Waals surface area contributed by atoms with E-state index in [1.54, 1.807) is 45.0 Å². The lowest BCUT2D eigenvalue weighted by Crippen LogP contribution is -2.34. The van der Waals surface area contributed by atoms with Gasteiger partial charge in [0.05, 0.1) is 12.0 Å². The van der Waals surface area contributed by atoms with Crippen molar-refractivity contribution in [2.75, 3.05) is 41.3 Å². The molecule has 0 N–H and O–H groups in total. The van der Waals surface area contributed by atoms with Crippen molar-refractivity contribution in [2.24, 2.45) is 0 Å². The predicted octanol–water partition coefficient (Wildman–Crippen LogP) is 2.97. The maximum atomic E-state index is 13.2. The quantitative estimate of drug-likeness (QED) is 0.590. The summed E-state index contributed by atoms with van der Waals surface area (Å²) in [5.74, 6) is 0.535. The van der Waals surface area contributed by atoms with Crippen molar-refractivity contribution >= 4 is 15.9 Å². The second-order valence-corrected chi connectivity index (χ2v) is 11.0. The van der Waals surface area contributed by atoms with Gasteiger partial charge in [-0.25, -0.2) is 12.7 Å². The second kappa shape index (κ2) is 10.2. The van der Waals surface area contributed by atoms with Gasteiger partial charge in [-0.05, 0) is 67.3 Å². The molecule has 2 aromatic carbocycles. The van der Waals surface area contributed by atoms with Crippen molar-refractivity contribution in [3.05, 3.63) is 58.1 Å². The van der Waals surface area contributed by atoms with E-state index < -0.39 is 10.0 Å². The molecule has 3 rings (SSSR count). The Morgan fingerprint density at radius 1 is 1.09 bits per heavy atom. The number of likely N-dealkylation sites (N-methyl/N-ethyl adjacent to an activating group) is 1. The number of ether oxygens (including phenoxy) is 1. The van der Waals surface area contributed by atoms with E-state index in [-0.39, 0.29) is 23.8 Å². The van der Waals surface area contributed by atoms with Crippen LogP contribution in [0.4, 0.5) is 0 Å². The summed E-state index contributed by atoms with van der Waals surface area (Å²) in [5, 5.41) is 0. The van der Waals surface area contributed by atoms with Gasteiger partial charge < -0.3 is 14.5 Å². The molecule has 0 aliphatic carbocycles. The van der Waals surface area contributed by atoms with Gasteiger partial charge in [-0.3, -0.25) is 4.79 Å². The number of aryl methyl sites for hydroxylation is 2. The highest BCUT2D eigenvalue weighted by atomic mass is 32.2. The minimum atomic E-state index is -3.72. The molecule has 0 unspecified atom stereocenters. The highest BCUT2D eigenvalue weighted by Crippen LogP contribution is 2.28. The van der Waals surface area contributed by atoms with E-state index in [1.165, 1.54) is 22.5 Å². The van der Waals surface area contributed by atoms with Crippen molar-refractivity contribution in [1.29, 1.82) is 0 Å². The molecule has 0 radical (unpaired) electrons. The Labute approximate surface area is 198 Å². The number of hydrogen-bond acceptors (Lipinski definition) is 5. The minimum absolute atomic E-state index is 0.0879. The first-order chi connectivity index (χ1) is 15.5. The van der Waals surface area contributed by atoms with Crippen LogP contribution in [0.15, 0.2) is 35.2 Å². The Bertz CT molecular complexity index is 1110. The molecule has 1 heterocycles. The van der Waals surface area contributed by atoms with Crippen LogP contribution in [0.25, 0.3) is 0 Å². The normalized spacial score (nSPS) is 14.3. The molecule has 0 atom stereocenters. The Balaban J connectivity index is 1.62. The Morgan fingerprint density at radius 2 is 1.76 bits per heavy atom. The maximum Gasteiger partial charge on any atom is 0.243 e. The molecule has 2 aromatic rings. The number of carbonyl (C=O) groups is 1. The molecule has 0 saturated heterocycles. The predicted molar refractivity (Wildman–Crippen MR) is 130 cm³/mol. The molecule has 1 amide bonds. The summed E-state index contributed by atoms with van der Waals surface area (Å²) in [7, 11) is 3.24. The summed E-state index contributed by atoms with van der Waals surface area (Å²) in [6.45, 7) is 6.12. The highest BCUT2D eigenvalue weighted by molar-refractivity contribution is 7.89. The second-order valence-electron chi connectivity index (χ2n) is 9.01. The molecule has 7 nitrogen and oxygen atoms in total. The molecular weight excluding hydrogens is 438 g/mol. The van der Waals surface area contributed by atoms with E-state index in [0.717, 1.165) is 25.1 Å². The molecule has 0 spiro atoms. The number of fused-ring (bicyclic) bond motifs is 1. The molecule has 1 aliphatic rings. The third kappa shape index (κ3) is 5.75. The fourth-order valence-corrected chi connectivity index (χ4v) is 5.94. The van der Waals surface area contributed by atoms with Crippen molar-refractivity contribution < 1.29 is 17.9 Å². The Morgan fingerprint density at radius 3 is 2.39 bits per heavy atom. The number of benzene rings is 2. The number of sulfonamides is 1. The molecule has 0 saturated carbocycles. The van der Waals surface area contributed by atoms with E-state index in [0.29, 0.717) is 23.4 Å². The molecule has 0 bridgehead atoms. The number of rotatable bonds is 8. The van der Waals surface area contributed by atoms with Crippen LogP contribution >= 0.6 is 0 Å². The third-order valence-electron chi connectivity index (χ3n) is 6.30. The number of amides is 1. The summed E-state index contributed by atoms with van der Waals surface area (Å²) in [5.41, 5.74) is 5.03. The number of nitrogens with zero attached hydrogens (tertiary/aromatic N) is 3. The lowest BCUT2D eigenvalue weighted by molar-refractivity contribution is -0.130. The van der Waals surface area contributed by atoms with Crippen LogP contribution < -0.4 is 4.74 Å². The van der Waals surface area contributed by atoms with Gasteiger partial charge in [0.2, 0.25) is 15.9 Å². The summed E-state index contributed by atoms with van der Waals surface area (Å²) in [6, 6.07) is 9.85. The van der Waals surface area contributed by atoms with Crippen molar-refractivity contribution in [3.8, 4) is 5.75 Å². The summed E-state index contributed by atoms with van der Waals surface area (Å²) < 4.78 is 32.8. The first-order valence-electron chi connectivity index (χ1n) is 11.2. The van der Waals surface area contributed by atoms with Crippen LogP contribution in [0.1, 0.15) is 34.2 Å². The Hall–Kier alpha value is -2.42. The van der Waals surface area contributed by atoms with Gasteiger partial charge in [0.25, 0.3) is 0 Å². The van der Waals surface area contributed by atoms with E-state index in [4.69, 9.17) is 4.74 Å². The van der Waals surface area contributed by atoms with Gasteiger partial charge in [0, 0.05) is 46.7 Å². The zero-order chi connectivity index (χ0) is 24.3. The molecule has 180 valence electrons. The van der Waals surface area contributed by atoms with Crippen molar-refractivity contribution in [3.63, 3.8) is 0 Å². The molecular formula is C25H35N3O4S. The zero-order valence-corrected chi connectivity index (χ0v) is 21.3. The Kier molecular flexibility index (Phi) is 7.82.